The molecule has 1 atom stereocenters. The Labute approximate surface area is 111 Å². The Balaban J connectivity index is 1.94. The summed E-state index contributed by atoms with van der Waals surface area (Å²) in [6.07, 6.45) is 7.06. The van der Waals surface area contributed by atoms with Gasteiger partial charge in [0.25, 0.3) is 0 Å². The van der Waals surface area contributed by atoms with Crippen molar-refractivity contribution in [1.82, 2.24) is 9.88 Å². The normalized spacial score (nSPS) is 20.2. The maximum atomic E-state index is 4.53. The lowest BCUT2D eigenvalue weighted by molar-refractivity contribution is 0.271. The molecule has 2 heterocycles. The number of anilines is 1. The number of hydrogen-bond acceptors (Lipinski definition) is 3. The van der Waals surface area contributed by atoms with Crippen molar-refractivity contribution in [1.29, 1.82) is 0 Å². The molecule has 0 aromatic carbocycles. The van der Waals surface area contributed by atoms with E-state index in [0.717, 1.165) is 18.9 Å². The molecule has 1 fully saturated rings. The fourth-order valence-electron chi connectivity index (χ4n) is 2.68. The zero-order valence-electron chi connectivity index (χ0n) is 11.7. The Morgan fingerprint density at radius 1 is 1.39 bits per heavy atom. The molecule has 3 heteroatoms. The van der Waals surface area contributed by atoms with Crippen LogP contribution in [0.15, 0.2) is 18.3 Å². The number of pyridine rings is 1. The molecule has 0 unspecified atom stereocenters. The second-order valence-corrected chi connectivity index (χ2v) is 5.04. The average Bonchev–Trinajstić information content (AvgIpc) is 2.88. The Morgan fingerprint density at radius 2 is 2.28 bits per heavy atom. The summed E-state index contributed by atoms with van der Waals surface area (Å²) < 4.78 is 0. The van der Waals surface area contributed by atoms with Crippen molar-refractivity contribution < 1.29 is 0 Å². The standard InChI is InChI=1S/C15H25N3/c1-3-5-10-16-15-9-8-13(12-17-15)14-7-6-11-18(14)4-2/h8-9,12,14H,3-7,10-11H2,1-2H3,(H,16,17)/t14-/m0/s1. The first-order chi connectivity index (χ1) is 8.85. The van der Waals surface area contributed by atoms with E-state index in [1.807, 2.05) is 6.20 Å². The van der Waals surface area contributed by atoms with Crippen molar-refractivity contribution >= 4 is 5.82 Å². The molecule has 0 bridgehead atoms. The fraction of sp³-hybridized carbons (Fsp3) is 0.667. The van der Waals surface area contributed by atoms with Crippen LogP contribution in [0.5, 0.6) is 0 Å². The summed E-state index contributed by atoms with van der Waals surface area (Å²) in [5.74, 6) is 1.01. The third-order valence-corrected chi connectivity index (χ3v) is 3.78. The summed E-state index contributed by atoms with van der Waals surface area (Å²) >= 11 is 0. The quantitative estimate of drug-likeness (QED) is 0.780. The molecule has 100 valence electrons. The summed E-state index contributed by atoms with van der Waals surface area (Å²) in [6.45, 7) is 7.84. The van der Waals surface area contributed by atoms with Crippen LogP contribution in [0, 0.1) is 0 Å². The van der Waals surface area contributed by atoms with Gasteiger partial charge in [0.1, 0.15) is 5.82 Å². The van der Waals surface area contributed by atoms with Crippen LogP contribution in [0.2, 0.25) is 0 Å². The number of hydrogen-bond donors (Lipinski definition) is 1. The summed E-state index contributed by atoms with van der Waals surface area (Å²) in [6, 6.07) is 4.95. The van der Waals surface area contributed by atoms with E-state index in [1.54, 1.807) is 0 Å². The Kier molecular flexibility index (Phi) is 5.00. The molecule has 1 aliphatic rings. The highest BCUT2D eigenvalue weighted by Gasteiger charge is 2.24. The summed E-state index contributed by atoms with van der Waals surface area (Å²) in [4.78, 5) is 7.07. The molecule has 1 N–H and O–H groups in total. The number of likely N-dealkylation sites (tertiary alicyclic amines) is 1. The molecule has 0 radical (unpaired) electrons. The second kappa shape index (κ2) is 6.74. The molecule has 2 rings (SSSR count). The lowest BCUT2D eigenvalue weighted by atomic mass is 10.1. The lowest BCUT2D eigenvalue weighted by Crippen LogP contribution is -2.22. The minimum Gasteiger partial charge on any atom is -0.370 e. The van der Waals surface area contributed by atoms with Crippen molar-refractivity contribution in [2.24, 2.45) is 0 Å². The van der Waals surface area contributed by atoms with Crippen molar-refractivity contribution in [3.63, 3.8) is 0 Å². The third kappa shape index (κ3) is 3.22. The molecule has 1 aromatic rings. The molecule has 0 amide bonds. The van der Waals surface area contributed by atoms with Gasteiger partial charge >= 0.3 is 0 Å². The van der Waals surface area contributed by atoms with Gasteiger partial charge in [-0.1, -0.05) is 26.3 Å². The van der Waals surface area contributed by atoms with Crippen LogP contribution in [0.25, 0.3) is 0 Å². The number of rotatable bonds is 6. The molecule has 1 aromatic heterocycles. The highest BCUT2D eigenvalue weighted by molar-refractivity contribution is 5.36. The van der Waals surface area contributed by atoms with E-state index in [4.69, 9.17) is 0 Å². The van der Waals surface area contributed by atoms with E-state index in [0.29, 0.717) is 6.04 Å². The molecule has 0 spiro atoms. The Bertz CT molecular complexity index is 347. The number of aromatic nitrogens is 1. The van der Waals surface area contributed by atoms with Gasteiger partial charge < -0.3 is 5.32 Å². The zero-order valence-corrected chi connectivity index (χ0v) is 11.7. The Hall–Kier alpha value is -1.09. The van der Waals surface area contributed by atoms with Gasteiger partial charge in [0.05, 0.1) is 0 Å². The number of nitrogens with zero attached hydrogens (tertiary/aromatic N) is 2. The van der Waals surface area contributed by atoms with Crippen LogP contribution in [-0.4, -0.2) is 29.5 Å². The van der Waals surface area contributed by atoms with E-state index >= 15 is 0 Å². The van der Waals surface area contributed by atoms with Gasteiger partial charge in [0.15, 0.2) is 0 Å². The minimum absolute atomic E-state index is 0.590. The molecule has 3 nitrogen and oxygen atoms in total. The van der Waals surface area contributed by atoms with Gasteiger partial charge in [-0.15, -0.1) is 0 Å². The van der Waals surface area contributed by atoms with Crippen molar-refractivity contribution in [2.75, 3.05) is 25.0 Å². The summed E-state index contributed by atoms with van der Waals surface area (Å²) in [5.41, 5.74) is 1.37. The van der Waals surface area contributed by atoms with Crippen molar-refractivity contribution in [3.05, 3.63) is 23.9 Å². The Morgan fingerprint density at radius 3 is 2.94 bits per heavy atom. The van der Waals surface area contributed by atoms with E-state index in [-0.39, 0.29) is 0 Å². The van der Waals surface area contributed by atoms with Crippen LogP contribution < -0.4 is 5.32 Å². The average molecular weight is 247 g/mol. The van der Waals surface area contributed by atoms with Gasteiger partial charge in [-0.05, 0) is 44.0 Å². The van der Waals surface area contributed by atoms with Gasteiger partial charge in [0.2, 0.25) is 0 Å². The number of nitrogens with one attached hydrogen (secondary N) is 1. The van der Waals surface area contributed by atoms with Gasteiger partial charge in [-0.2, -0.15) is 0 Å². The van der Waals surface area contributed by atoms with Crippen molar-refractivity contribution in [2.45, 2.75) is 45.6 Å². The van der Waals surface area contributed by atoms with Gasteiger partial charge in [-0.25, -0.2) is 4.98 Å². The first-order valence-electron chi connectivity index (χ1n) is 7.29. The maximum Gasteiger partial charge on any atom is 0.125 e. The molecule has 0 saturated carbocycles. The predicted octanol–water partition coefficient (Wildman–Crippen LogP) is 3.45. The van der Waals surface area contributed by atoms with Crippen LogP contribution >= 0.6 is 0 Å². The second-order valence-electron chi connectivity index (χ2n) is 5.04. The lowest BCUT2D eigenvalue weighted by Gasteiger charge is -2.22. The van der Waals surface area contributed by atoms with Crippen LogP contribution in [0.4, 0.5) is 5.82 Å². The van der Waals surface area contributed by atoms with Gasteiger partial charge in [-0.3, -0.25) is 4.90 Å². The highest BCUT2D eigenvalue weighted by Crippen LogP contribution is 2.31. The van der Waals surface area contributed by atoms with Crippen LogP contribution in [0.3, 0.4) is 0 Å². The first-order valence-corrected chi connectivity index (χ1v) is 7.29. The fourth-order valence-corrected chi connectivity index (χ4v) is 2.68. The van der Waals surface area contributed by atoms with E-state index in [1.165, 1.54) is 37.8 Å². The van der Waals surface area contributed by atoms with Crippen LogP contribution in [0.1, 0.15) is 51.1 Å². The molecular formula is C15H25N3. The minimum atomic E-state index is 0.590. The molecule has 1 aliphatic heterocycles. The summed E-state index contributed by atoms with van der Waals surface area (Å²) in [5, 5.41) is 3.36. The maximum absolute atomic E-state index is 4.53. The largest absolute Gasteiger partial charge is 0.370 e. The van der Waals surface area contributed by atoms with Crippen LogP contribution in [-0.2, 0) is 0 Å². The zero-order chi connectivity index (χ0) is 12.8. The SMILES string of the molecule is CCCCNc1ccc([C@@H]2CCCN2CC)cn1. The van der Waals surface area contributed by atoms with E-state index in [9.17, 15) is 0 Å². The monoisotopic (exact) mass is 247 g/mol. The molecular weight excluding hydrogens is 222 g/mol. The van der Waals surface area contributed by atoms with Crippen molar-refractivity contribution in [3.8, 4) is 0 Å². The molecule has 18 heavy (non-hydrogen) atoms. The third-order valence-electron chi connectivity index (χ3n) is 3.78. The predicted molar refractivity (Wildman–Crippen MR) is 76.9 cm³/mol. The number of unbranched alkanes of at least 4 members (excludes halogenated alkanes) is 1. The topological polar surface area (TPSA) is 28.2 Å². The first kappa shape index (κ1) is 13.3. The summed E-state index contributed by atoms with van der Waals surface area (Å²) in [7, 11) is 0. The highest BCUT2D eigenvalue weighted by atomic mass is 15.2. The van der Waals surface area contributed by atoms with Gasteiger partial charge in [0, 0.05) is 18.8 Å². The molecule has 0 aliphatic carbocycles. The molecule has 1 saturated heterocycles. The van der Waals surface area contributed by atoms with E-state index < -0.39 is 0 Å². The van der Waals surface area contributed by atoms with E-state index in [2.05, 4.69) is 41.2 Å². The smallest absolute Gasteiger partial charge is 0.125 e.